The van der Waals surface area contributed by atoms with Gasteiger partial charge in [-0.05, 0) is 12.5 Å². The Bertz CT molecular complexity index is 333. The minimum absolute atomic E-state index is 0. The van der Waals surface area contributed by atoms with Gasteiger partial charge in [-0.1, -0.05) is 30.3 Å². The highest BCUT2D eigenvalue weighted by molar-refractivity contribution is 5.85. The zero-order valence-electron chi connectivity index (χ0n) is 10.8. The van der Waals surface area contributed by atoms with Crippen LogP contribution in [0, 0.1) is 0 Å². The summed E-state index contributed by atoms with van der Waals surface area (Å²) in [5.74, 6) is -0.00236. The van der Waals surface area contributed by atoms with Crippen molar-refractivity contribution in [3.05, 3.63) is 35.9 Å². The van der Waals surface area contributed by atoms with E-state index in [1.54, 1.807) is 7.11 Å². The van der Waals surface area contributed by atoms with E-state index in [4.69, 9.17) is 4.74 Å². The molecule has 0 radical (unpaired) electrons. The maximum absolute atomic E-state index is 11.6. The third-order valence-corrected chi connectivity index (χ3v) is 2.45. The van der Waals surface area contributed by atoms with Gasteiger partial charge in [0.05, 0.1) is 19.2 Å². The van der Waals surface area contributed by atoms with Crippen LogP contribution in [0.1, 0.15) is 18.5 Å². The Hall–Kier alpha value is -1.10. The second-order valence-corrected chi connectivity index (χ2v) is 3.87. The van der Waals surface area contributed by atoms with Crippen LogP contribution < -0.4 is 10.6 Å². The van der Waals surface area contributed by atoms with Gasteiger partial charge >= 0.3 is 0 Å². The lowest BCUT2D eigenvalue weighted by Crippen LogP contribution is -2.36. The number of nitrogens with one attached hydrogen (secondary N) is 2. The topological polar surface area (TPSA) is 50.4 Å². The molecule has 0 spiro atoms. The van der Waals surface area contributed by atoms with Crippen molar-refractivity contribution in [2.45, 2.75) is 13.0 Å². The number of amides is 1. The number of hydrogen-bond donors (Lipinski definition) is 2. The van der Waals surface area contributed by atoms with Crippen LogP contribution in [0.5, 0.6) is 0 Å². The van der Waals surface area contributed by atoms with Crippen LogP contribution in [-0.4, -0.2) is 32.7 Å². The smallest absolute Gasteiger partial charge is 0.234 e. The molecular weight excluding hydrogens is 252 g/mol. The van der Waals surface area contributed by atoms with Crippen LogP contribution in [0.2, 0.25) is 0 Å². The molecular formula is C13H21ClN2O2. The van der Waals surface area contributed by atoms with Gasteiger partial charge in [-0.3, -0.25) is 4.79 Å². The van der Waals surface area contributed by atoms with E-state index in [-0.39, 0.29) is 24.4 Å². The Balaban J connectivity index is 0.00000289. The quantitative estimate of drug-likeness (QED) is 0.740. The molecule has 0 bridgehead atoms. The lowest BCUT2D eigenvalue weighted by Gasteiger charge is -2.14. The maximum Gasteiger partial charge on any atom is 0.234 e. The van der Waals surface area contributed by atoms with Crippen molar-refractivity contribution in [3.8, 4) is 0 Å². The normalized spacial score (nSPS) is 11.4. The predicted octanol–water partition coefficient (Wildman–Crippen LogP) is 1.52. The predicted molar refractivity (Wildman–Crippen MR) is 75.0 cm³/mol. The van der Waals surface area contributed by atoms with Gasteiger partial charge in [-0.15, -0.1) is 12.4 Å². The molecule has 0 saturated carbocycles. The van der Waals surface area contributed by atoms with Gasteiger partial charge < -0.3 is 15.4 Å². The van der Waals surface area contributed by atoms with Crippen LogP contribution in [-0.2, 0) is 9.53 Å². The first-order chi connectivity index (χ1) is 8.24. The van der Waals surface area contributed by atoms with Crippen LogP contribution >= 0.6 is 12.4 Å². The molecule has 1 atom stereocenters. The average molecular weight is 273 g/mol. The first-order valence-electron chi connectivity index (χ1n) is 5.78. The highest BCUT2D eigenvalue weighted by atomic mass is 35.5. The first-order valence-corrected chi connectivity index (χ1v) is 5.78. The molecule has 2 N–H and O–H groups in total. The molecule has 0 aliphatic rings. The minimum atomic E-state index is -0.00236. The number of methoxy groups -OCH3 is 1. The minimum Gasteiger partial charge on any atom is -0.383 e. The number of benzene rings is 1. The summed E-state index contributed by atoms with van der Waals surface area (Å²) in [5, 5.41) is 5.94. The molecule has 1 aromatic rings. The molecule has 0 unspecified atom stereocenters. The lowest BCUT2D eigenvalue weighted by atomic mass is 10.1. The summed E-state index contributed by atoms with van der Waals surface area (Å²) in [6.07, 6.45) is 0. The van der Waals surface area contributed by atoms with Gasteiger partial charge in [0.1, 0.15) is 0 Å². The van der Waals surface area contributed by atoms with E-state index in [1.807, 2.05) is 37.3 Å². The number of carbonyl (C=O) groups is 1. The fraction of sp³-hybridized carbons (Fsp3) is 0.462. The third kappa shape index (κ3) is 6.59. The molecule has 0 heterocycles. The van der Waals surface area contributed by atoms with E-state index < -0.39 is 0 Å². The summed E-state index contributed by atoms with van der Waals surface area (Å²) in [4.78, 5) is 11.6. The van der Waals surface area contributed by atoms with Gasteiger partial charge in [0.15, 0.2) is 0 Å². The zero-order chi connectivity index (χ0) is 12.5. The van der Waals surface area contributed by atoms with Gasteiger partial charge in [0, 0.05) is 13.7 Å². The van der Waals surface area contributed by atoms with Crippen molar-refractivity contribution >= 4 is 18.3 Å². The van der Waals surface area contributed by atoms with E-state index in [1.165, 1.54) is 0 Å². The van der Waals surface area contributed by atoms with Gasteiger partial charge in [0.25, 0.3) is 0 Å². The molecule has 1 rings (SSSR count). The molecule has 18 heavy (non-hydrogen) atoms. The summed E-state index contributed by atoms with van der Waals surface area (Å²) in [7, 11) is 1.64. The molecule has 0 aliphatic carbocycles. The number of rotatable bonds is 7. The van der Waals surface area contributed by atoms with Crippen molar-refractivity contribution in [2.75, 3.05) is 26.8 Å². The molecule has 0 saturated heterocycles. The van der Waals surface area contributed by atoms with E-state index in [0.717, 1.165) is 5.56 Å². The van der Waals surface area contributed by atoms with Gasteiger partial charge in [-0.25, -0.2) is 0 Å². The molecule has 1 aromatic carbocycles. The molecule has 0 aliphatic heterocycles. The van der Waals surface area contributed by atoms with Crippen molar-refractivity contribution in [2.24, 2.45) is 0 Å². The maximum atomic E-state index is 11.6. The van der Waals surface area contributed by atoms with E-state index in [0.29, 0.717) is 19.7 Å². The number of ether oxygens (including phenoxy) is 1. The van der Waals surface area contributed by atoms with Crippen LogP contribution in [0.25, 0.3) is 0 Å². The fourth-order valence-electron chi connectivity index (χ4n) is 1.49. The standard InChI is InChI=1S/C13H20N2O2.ClH/c1-11(12-6-4-3-5-7-12)15-13(16)10-14-8-9-17-2;/h3-7,11,14H,8-10H2,1-2H3,(H,15,16);1H/t11-;/m1./s1. The number of hydrogen-bond acceptors (Lipinski definition) is 3. The Morgan fingerprint density at radius 1 is 1.33 bits per heavy atom. The summed E-state index contributed by atoms with van der Waals surface area (Å²) in [5.41, 5.74) is 1.11. The number of carbonyl (C=O) groups excluding carboxylic acids is 1. The highest BCUT2D eigenvalue weighted by Gasteiger charge is 2.07. The fourth-order valence-corrected chi connectivity index (χ4v) is 1.49. The van der Waals surface area contributed by atoms with Crippen molar-refractivity contribution in [1.82, 2.24) is 10.6 Å². The molecule has 0 aromatic heterocycles. The second-order valence-electron chi connectivity index (χ2n) is 3.87. The Kier molecular flexibility index (Phi) is 9.28. The van der Waals surface area contributed by atoms with Crippen molar-refractivity contribution < 1.29 is 9.53 Å². The van der Waals surface area contributed by atoms with Crippen LogP contribution in [0.4, 0.5) is 0 Å². The molecule has 5 heteroatoms. The SMILES string of the molecule is COCCNCC(=O)N[C@H](C)c1ccccc1.Cl. The Labute approximate surface area is 115 Å². The first kappa shape index (κ1) is 16.9. The van der Waals surface area contributed by atoms with Crippen LogP contribution in [0.15, 0.2) is 30.3 Å². The summed E-state index contributed by atoms with van der Waals surface area (Å²) < 4.78 is 4.88. The average Bonchev–Trinajstić information content (AvgIpc) is 2.36. The number of halogens is 1. The third-order valence-electron chi connectivity index (χ3n) is 2.45. The Morgan fingerprint density at radius 2 is 2.00 bits per heavy atom. The Morgan fingerprint density at radius 3 is 2.61 bits per heavy atom. The van der Waals surface area contributed by atoms with Gasteiger partial charge in [0.2, 0.25) is 5.91 Å². The second kappa shape index (κ2) is 9.88. The van der Waals surface area contributed by atoms with Gasteiger partial charge in [-0.2, -0.15) is 0 Å². The zero-order valence-corrected chi connectivity index (χ0v) is 11.6. The monoisotopic (exact) mass is 272 g/mol. The summed E-state index contributed by atoms with van der Waals surface area (Å²) in [6, 6.07) is 9.94. The summed E-state index contributed by atoms with van der Waals surface area (Å²) in [6.45, 7) is 3.59. The van der Waals surface area contributed by atoms with E-state index in [2.05, 4.69) is 10.6 Å². The summed E-state index contributed by atoms with van der Waals surface area (Å²) >= 11 is 0. The lowest BCUT2D eigenvalue weighted by molar-refractivity contribution is -0.120. The van der Waals surface area contributed by atoms with E-state index >= 15 is 0 Å². The molecule has 102 valence electrons. The van der Waals surface area contributed by atoms with Crippen LogP contribution in [0.3, 0.4) is 0 Å². The molecule has 1 amide bonds. The van der Waals surface area contributed by atoms with E-state index in [9.17, 15) is 4.79 Å². The molecule has 4 nitrogen and oxygen atoms in total. The van der Waals surface area contributed by atoms with Crippen molar-refractivity contribution in [3.63, 3.8) is 0 Å². The molecule has 0 fully saturated rings. The van der Waals surface area contributed by atoms with Crippen molar-refractivity contribution in [1.29, 1.82) is 0 Å². The highest BCUT2D eigenvalue weighted by Crippen LogP contribution is 2.10. The largest absolute Gasteiger partial charge is 0.383 e.